The molecule has 5 heterocycles. The standard InChI is InChI=1S/C32H33F2N9O4S/c1-17(2)26-28(18(3)10-11-35-26)43-31-20(14-22(34)27(37-31)25-21(33)6-5-7-24(25)44)30(38-32(43)45)41-13-12-40(4)15-23(41)29-36-16-42(39-29)48(46,47)19-8-9-19/h5-7,10-11,14,16-17,19,23,44H,8-9,12-13,15H2,1-4H3. The number of aryl methyl sites for hydroxylation is 1. The first-order valence-corrected chi connectivity index (χ1v) is 17.0. The second-order valence-electron chi connectivity index (χ2n) is 12.6. The predicted molar refractivity (Wildman–Crippen MR) is 174 cm³/mol. The van der Waals surface area contributed by atoms with E-state index in [2.05, 4.69) is 25.0 Å². The first-order chi connectivity index (χ1) is 22.9. The van der Waals surface area contributed by atoms with Crippen molar-refractivity contribution in [3.8, 4) is 22.7 Å². The van der Waals surface area contributed by atoms with Crippen LogP contribution in [0.25, 0.3) is 28.0 Å². The first-order valence-electron chi connectivity index (χ1n) is 15.5. The van der Waals surface area contributed by atoms with E-state index in [0.29, 0.717) is 49.4 Å². The van der Waals surface area contributed by atoms with Gasteiger partial charge in [0.15, 0.2) is 17.3 Å². The molecule has 0 amide bonds. The number of benzene rings is 1. The van der Waals surface area contributed by atoms with Gasteiger partial charge in [-0.1, -0.05) is 19.9 Å². The number of anilines is 1. The van der Waals surface area contributed by atoms with E-state index < -0.39 is 55.6 Å². The molecule has 4 aromatic heterocycles. The normalized spacial score (nSPS) is 17.5. The largest absolute Gasteiger partial charge is 0.507 e. The second-order valence-corrected chi connectivity index (χ2v) is 14.7. The molecule has 1 aromatic carbocycles. The van der Waals surface area contributed by atoms with E-state index in [4.69, 9.17) is 0 Å². The summed E-state index contributed by atoms with van der Waals surface area (Å²) in [4.78, 5) is 35.9. The summed E-state index contributed by atoms with van der Waals surface area (Å²) in [6.07, 6.45) is 3.92. The van der Waals surface area contributed by atoms with Crippen LogP contribution in [0.4, 0.5) is 14.6 Å². The molecule has 48 heavy (non-hydrogen) atoms. The number of halogens is 2. The number of nitrogens with zero attached hydrogens (tertiary/aromatic N) is 9. The van der Waals surface area contributed by atoms with Crippen molar-refractivity contribution in [3.63, 3.8) is 0 Å². The van der Waals surface area contributed by atoms with Crippen LogP contribution in [0.5, 0.6) is 5.75 Å². The van der Waals surface area contributed by atoms with Crippen molar-refractivity contribution < 1.29 is 22.3 Å². The number of phenols is 1. The SMILES string of the molecule is Cc1ccnc(C(C)C)c1-n1c(=O)nc(N2CCN(C)CC2c2ncn(S(=O)(=O)C3CC3)n2)c2cc(F)c(-c3c(O)cccc3F)nc21. The lowest BCUT2D eigenvalue weighted by Crippen LogP contribution is -2.48. The van der Waals surface area contributed by atoms with Crippen molar-refractivity contribution in [1.82, 2.24) is 38.6 Å². The predicted octanol–water partition coefficient (Wildman–Crippen LogP) is 3.68. The number of piperazine rings is 1. The van der Waals surface area contributed by atoms with Gasteiger partial charge in [-0.25, -0.2) is 36.5 Å². The number of pyridine rings is 2. The fraction of sp³-hybridized carbons (Fsp3) is 0.375. The third-order valence-electron chi connectivity index (χ3n) is 8.80. The minimum Gasteiger partial charge on any atom is -0.507 e. The van der Waals surface area contributed by atoms with E-state index in [1.165, 1.54) is 23.0 Å². The summed E-state index contributed by atoms with van der Waals surface area (Å²) in [5.41, 5.74) is -0.0668. The highest BCUT2D eigenvalue weighted by Gasteiger charge is 2.39. The van der Waals surface area contributed by atoms with Crippen molar-refractivity contribution >= 4 is 26.9 Å². The van der Waals surface area contributed by atoms with Crippen LogP contribution < -0.4 is 10.6 Å². The summed E-state index contributed by atoms with van der Waals surface area (Å²) in [5, 5.41) is 14.6. The van der Waals surface area contributed by atoms with Gasteiger partial charge < -0.3 is 14.9 Å². The lowest BCUT2D eigenvalue weighted by molar-refractivity contribution is 0.263. The molecule has 2 aliphatic rings. The van der Waals surface area contributed by atoms with Crippen LogP contribution in [0.2, 0.25) is 0 Å². The Balaban J connectivity index is 1.49. The Kier molecular flexibility index (Phi) is 7.74. The van der Waals surface area contributed by atoms with E-state index in [0.717, 1.165) is 16.2 Å². The van der Waals surface area contributed by atoms with Crippen molar-refractivity contribution in [2.24, 2.45) is 0 Å². The van der Waals surface area contributed by atoms with Gasteiger partial charge in [-0.05, 0) is 62.6 Å². The average Bonchev–Trinajstić information content (AvgIpc) is 3.78. The number of likely N-dealkylation sites (N-methyl/N-ethyl adjacent to an activating group) is 1. The Bertz CT molecular complexity index is 2230. The Labute approximate surface area is 274 Å². The maximum Gasteiger partial charge on any atom is 0.355 e. The number of aromatic hydroxyl groups is 1. The van der Waals surface area contributed by atoms with Gasteiger partial charge >= 0.3 is 5.69 Å². The number of aromatic nitrogens is 7. The van der Waals surface area contributed by atoms with Crippen LogP contribution in [-0.4, -0.2) is 84.0 Å². The summed E-state index contributed by atoms with van der Waals surface area (Å²) < 4.78 is 59.2. The lowest BCUT2D eigenvalue weighted by Gasteiger charge is -2.39. The van der Waals surface area contributed by atoms with Gasteiger partial charge in [0.25, 0.3) is 10.0 Å². The zero-order valence-electron chi connectivity index (χ0n) is 26.7. The third kappa shape index (κ3) is 5.28. The molecular weight excluding hydrogens is 644 g/mol. The van der Waals surface area contributed by atoms with Crippen molar-refractivity contribution in [2.75, 3.05) is 31.6 Å². The molecule has 1 aliphatic heterocycles. The van der Waals surface area contributed by atoms with Gasteiger partial charge in [-0.15, -0.1) is 9.19 Å². The van der Waals surface area contributed by atoms with Crippen molar-refractivity contribution in [1.29, 1.82) is 0 Å². The highest BCUT2D eigenvalue weighted by molar-refractivity contribution is 7.90. The molecular formula is C32H33F2N9O4S. The number of hydrogen-bond donors (Lipinski definition) is 1. The van der Waals surface area contributed by atoms with Crippen LogP contribution in [0.1, 0.15) is 55.7 Å². The zero-order chi connectivity index (χ0) is 34.1. The van der Waals surface area contributed by atoms with Crippen LogP contribution in [0, 0.1) is 18.6 Å². The second kappa shape index (κ2) is 11.7. The van der Waals surface area contributed by atoms with E-state index in [1.54, 1.807) is 24.1 Å². The molecule has 7 rings (SSSR count). The molecule has 1 atom stereocenters. The highest BCUT2D eigenvalue weighted by atomic mass is 32.2. The minimum absolute atomic E-state index is 0.0328. The Morgan fingerprint density at radius 2 is 1.81 bits per heavy atom. The molecule has 1 N–H and O–H groups in total. The van der Waals surface area contributed by atoms with Crippen molar-refractivity contribution in [2.45, 2.75) is 50.8 Å². The zero-order valence-corrected chi connectivity index (χ0v) is 27.5. The van der Waals surface area contributed by atoms with Crippen LogP contribution in [0.15, 0.2) is 47.7 Å². The molecule has 0 bridgehead atoms. The third-order valence-corrected chi connectivity index (χ3v) is 10.8. The van der Waals surface area contributed by atoms with Crippen molar-refractivity contribution in [3.05, 3.63) is 82.1 Å². The lowest BCUT2D eigenvalue weighted by atomic mass is 10.0. The summed E-state index contributed by atoms with van der Waals surface area (Å²) >= 11 is 0. The first kappa shape index (κ1) is 31.8. The highest BCUT2D eigenvalue weighted by Crippen LogP contribution is 2.38. The molecule has 13 nitrogen and oxygen atoms in total. The molecule has 1 unspecified atom stereocenters. The molecule has 1 aliphatic carbocycles. The summed E-state index contributed by atoms with van der Waals surface area (Å²) in [7, 11) is -1.80. The number of hydrogen-bond acceptors (Lipinski definition) is 11. The molecule has 16 heteroatoms. The number of rotatable bonds is 7. The Morgan fingerprint density at radius 1 is 1.04 bits per heavy atom. The Hall–Kier alpha value is -4.83. The molecule has 5 aromatic rings. The monoisotopic (exact) mass is 677 g/mol. The van der Waals surface area contributed by atoms with E-state index >= 15 is 8.78 Å². The fourth-order valence-electron chi connectivity index (χ4n) is 6.18. The average molecular weight is 678 g/mol. The molecule has 2 fully saturated rings. The molecule has 250 valence electrons. The quantitative estimate of drug-likeness (QED) is 0.269. The maximum atomic E-state index is 16.1. The van der Waals surface area contributed by atoms with E-state index in [-0.39, 0.29) is 28.6 Å². The van der Waals surface area contributed by atoms with E-state index in [1.807, 2.05) is 25.8 Å². The van der Waals surface area contributed by atoms with Crippen LogP contribution in [0.3, 0.4) is 0 Å². The molecule has 0 spiro atoms. The fourth-order valence-corrected chi connectivity index (χ4v) is 7.60. The van der Waals surface area contributed by atoms with Gasteiger partial charge in [-0.2, -0.15) is 4.98 Å². The summed E-state index contributed by atoms with van der Waals surface area (Å²) in [6, 6.07) is 5.78. The van der Waals surface area contributed by atoms with E-state index in [9.17, 15) is 18.3 Å². The molecule has 1 saturated heterocycles. The molecule has 1 saturated carbocycles. The number of fused-ring (bicyclic) bond motifs is 1. The number of phenolic OH excluding ortho intramolecular Hbond substituents is 1. The van der Waals surface area contributed by atoms with Crippen LogP contribution in [-0.2, 0) is 10.0 Å². The minimum atomic E-state index is -3.69. The summed E-state index contributed by atoms with van der Waals surface area (Å²) in [5.74, 6) is -2.23. The van der Waals surface area contributed by atoms with Gasteiger partial charge in [0, 0.05) is 25.8 Å². The van der Waals surface area contributed by atoms with Gasteiger partial charge in [0.05, 0.1) is 27.6 Å². The van der Waals surface area contributed by atoms with Crippen LogP contribution >= 0.6 is 0 Å². The smallest absolute Gasteiger partial charge is 0.355 e. The molecule has 0 radical (unpaired) electrons. The Morgan fingerprint density at radius 3 is 2.52 bits per heavy atom. The summed E-state index contributed by atoms with van der Waals surface area (Å²) in [6.45, 7) is 6.81. The maximum absolute atomic E-state index is 16.1. The van der Waals surface area contributed by atoms with Gasteiger partial charge in [0.1, 0.15) is 35.4 Å². The topological polar surface area (TPSA) is 152 Å². The van der Waals surface area contributed by atoms with Gasteiger partial charge in [-0.3, -0.25) is 4.98 Å². The van der Waals surface area contributed by atoms with Gasteiger partial charge in [0.2, 0.25) is 0 Å².